The second-order valence-electron chi connectivity index (χ2n) is 6.90. The maximum absolute atomic E-state index is 12.3. The average molecular weight is 408 g/mol. The molecule has 1 aromatic heterocycles. The van der Waals surface area contributed by atoms with Crippen LogP contribution in [0.15, 0.2) is 67.0 Å². The maximum Gasteiger partial charge on any atom is 0.228 e. The van der Waals surface area contributed by atoms with Crippen molar-refractivity contribution in [3.63, 3.8) is 0 Å². The summed E-state index contributed by atoms with van der Waals surface area (Å²) in [6.45, 7) is 3.55. The van der Waals surface area contributed by atoms with Crippen molar-refractivity contribution in [1.82, 2.24) is 9.97 Å². The van der Waals surface area contributed by atoms with Crippen LogP contribution in [0.4, 0.5) is 17.3 Å². The Morgan fingerprint density at radius 2 is 1.52 bits per heavy atom. The van der Waals surface area contributed by atoms with Gasteiger partial charge in [-0.15, -0.1) is 0 Å². The molecule has 0 radical (unpaired) electrons. The molecule has 0 bridgehead atoms. The molecule has 2 heterocycles. The molecule has 148 valence electrons. The first-order valence-electron chi connectivity index (χ1n) is 9.59. The van der Waals surface area contributed by atoms with Crippen molar-refractivity contribution in [2.24, 2.45) is 0 Å². The van der Waals surface area contributed by atoms with Gasteiger partial charge in [0.25, 0.3) is 0 Å². The van der Waals surface area contributed by atoms with E-state index < -0.39 is 0 Å². The smallest absolute Gasteiger partial charge is 0.228 e. The lowest BCUT2D eigenvalue weighted by molar-refractivity contribution is -0.115. The van der Waals surface area contributed by atoms with Crippen molar-refractivity contribution in [1.29, 1.82) is 0 Å². The fraction of sp³-hybridized carbons (Fsp3) is 0.227. The van der Waals surface area contributed by atoms with Gasteiger partial charge in [-0.25, -0.2) is 9.97 Å². The van der Waals surface area contributed by atoms with Gasteiger partial charge in [-0.3, -0.25) is 4.79 Å². The lowest BCUT2D eigenvalue weighted by Gasteiger charge is -2.36. The minimum Gasteiger partial charge on any atom is -0.368 e. The quantitative estimate of drug-likeness (QED) is 0.699. The summed E-state index contributed by atoms with van der Waals surface area (Å²) in [5.41, 5.74) is 2.61. The zero-order valence-corrected chi connectivity index (χ0v) is 16.7. The summed E-state index contributed by atoms with van der Waals surface area (Å²) < 4.78 is 0. The van der Waals surface area contributed by atoms with Gasteiger partial charge in [0, 0.05) is 36.9 Å². The monoisotopic (exact) mass is 407 g/mol. The highest BCUT2D eigenvalue weighted by Crippen LogP contribution is 2.19. The number of nitrogens with one attached hydrogen (secondary N) is 1. The van der Waals surface area contributed by atoms with Crippen molar-refractivity contribution in [2.45, 2.75) is 6.42 Å². The minimum absolute atomic E-state index is 0.147. The number of halogens is 1. The van der Waals surface area contributed by atoms with Crippen LogP contribution in [0, 0.1) is 0 Å². The van der Waals surface area contributed by atoms with Crippen LogP contribution in [0.3, 0.4) is 0 Å². The Balaban J connectivity index is 1.31. The number of carbonyl (C=O) groups excluding carboxylic acids is 1. The van der Waals surface area contributed by atoms with Crippen LogP contribution in [-0.2, 0) is 11.2 Å². The summed E-state index contributed by atoms with van der Waals surface area (Å²) in [7, 11) is 0. The van der Waals surface area contributed by atoms with Crippen molar-refractivity contribution < 1.29 is 4.79 Å². The molecule has 7 heteroatoms. The number of hydrogen-bond acceptors (Lipinski definition) is 5. The Labute approximate surface area is 175 Å². The van der Waals surface area contributed by atoms with E-state index in [0.717, 1.165) is 31.7 Å². The highest BCUT2D eigenvalue weighted by Gasteiger charge is 2.19. The number of aromatic nitrogens is 2. The molecule has 1 N–H and O–H groups in total. The largest absolute Gasteiger partial charge is 0.368 e. The lowest BCUT2D eigenvalue weighted by atomic mass is 10.1. The molecule has 0 saturated carbocycles. The molecule has 3 aromatic rings. The van der Waals surface area contributed by atoms with Gasteiger partial charge in [0.05, 0.1) is 24.5 Å². The molecule has 1 aliphatic heterocycles. The van der Waals surface area contributed by atoms with Gasteiger partial charge >= 0.3 is 0 Å². The molecule has 1 aliphatic rings. The Morgan fingerprint density at radius 1 is 0.897 bits per heavy atom. The highest BCUT2D eigenvalue weighted by molar-refractivity contribution is 6.31. The Hall–Kier alpha value is -3.12. The second kappa shape index (κ2) is 8.92. The summed E-state index contributed by atoms with van der Waals surface area (Å²) in [6.07, 6.45) is 3.51. The fourth-order valence-electron chi connectivity index (χ4n) is 3.37. The van der Waals surface area contributed by atoms with E-state index in [1.807, 2.05) is 24.3 Å². The molecule has 4 rings (SSSR count). The Morgan fingerprint density at radius 3 is 2.21 bits per heavy atom. The number of para-hydroxylation sites is 1. The molecule has 29 heavy (non-hydrogen) atoms. The van der Waals surface area contributed by atoms with Gasteiger partial charge in [0.15, 0.2) is 0 Å². The molecule has 0 spiro atoms. The zero-order chi connectivity index (χ0) is 20.1. The summed E-state index contributed by atoms with van der Waals surface area (Å²) >= 11 is 6.11. The van der Waals surface area contributed by atoms with Crippen LogP contribution < -0.4 is 15.1 Å². The lowest BCUT2D eigenvalue weighted by Crippen LogP contribution is -2.47. The molecule has 1 amide bonds. The molecule has 2 aromatic carbocycles. The highest BCUT2D eigenvalue weighted by atomic mass is 35.5. The summed E-state index contributed by atoms with van der Waals surface area (Å²) in [4.78, 5) is 25.6. The van der Waals surface area contributed by atoms with Gasteiger partial charge < -0.3 is 15.1 Å². The van der Waals surface area contributed by atoms with Crippen molar-refractivity contribution in [2.75, 3.05) is 41.3 Å². The van der Waals surface area contributed by atoms with Gasteiger partial charge in [-0.05, 0) is 23.8 Å². The van der Waals surface area contributed by atoms with E-state index in [9.17, 15) is 4.79 Å². The van der Waals surface area contributed by atoms with E-state index >= 15 is 0 Å². The average Bonchev–Trinajstić information content (AvgIpc) is 2.77. The third-order valence-electron chi connectivity index (χ3n) is 4.91. The summed E-state index contributed by atoms with van der Waals surface area (Å²) in [5, 5.41) is 3.41. The second-order valence-corrected chi connectivity index (χ2v) is 7.30. The number of anilines is 3. The third-order valence-corrected chi connectivity index (χ3v) is 5.28. The van der Waals surface area contributed by atoms with Gasteiger partial charge in [0.1, 0.15) is 0 Å². The fourth-order valence-corrected chi connectivity index (χ4v) is 3.57. The van der Waals surface area contributed by atoms with Crippen LogP contribution in [-0.4, -0.2) is 42.1 Å². The number of rotatable bonds is 5. The van der Waals surface area contributed by atoms with E-state index in [1.54, 1.807) is 18.5 Å². The first-order chi connectivity index (χ1) is 14.2. The van der Waals surface area contributed by atoms with Crippen LogP contribution in [0.25, 0.3) is 0 Å². The van der Waals surface area contributed by atoms with Crippen molar-refractivity contribution in [3.05, 3.63) is 77.6 Å². The number of benzene rings is 2. The number of piperazine rings is 1. The minimum atomic E-state index is -0.147. The molecular weight excluding hydrogens is 386 g/mol. The van der Waals surface area contributed by atoms with E-state index in [0.29, 0.717) is 16.7 Å². The SMILES string of the molecule is O=C(Cc1ccccc1Cl)Nc1cnc(N2CCN(c3ccccc3)CC2)nc1. The summed E-state index contributed by atoms with van der Waals surface area (Å²) in [6, 6.07) is 17.7. The molecule has 0 atom stereocenters. The molecule has 1 fully saturated rings. The van der Waals surface area contributed by atoms with E-state index in [4.69, 9.17) is 11.6 Å². The predicted molar refractivity (Wildman–Crippen MR) is 117 cm³/mol. The van der Waals surface area contributed by atoms with Crippen LogP contribution >= 0.6 is 11.6 Å². The summed E-state index contributed by atoms with van der Waals surface area (Å²) in [5.74, 6) is 0.535. The zero-order valence-electron chi connectivity index (χ0n) is 16.0. The van der Waals surface area contributed by atoms with E-state index in [2.05, 4.69) is 49.4 Å². The van der Waals surface area contributed by atoms with Gasteiger partial charge in [-0.2, -0.15) is 0 Å². The third kappa shape index (κ3) is 4.84. The molecule has 6 nitrogen and oxygen atoms in total. The predicted octanol–water partition coefficient (Wildman–Crippen LogP) is 3.64. The number of amides is 1. The molecule has 1 saturated heterocycles. The molecule has 0 unspecified atom stereocenters. The Bertz CT molecular complexity index is 956. The van der Waals surface area contributed by atoms with Gasteiger partial charge in [-0.1, -0.05) is 48.0 Å². The molecule has 0 aliphatic carbocycles. The van der Waals surface area contributed by atoms with Crippen molar-refractivity contribution >= 4 is 34.8 Å². The van der Waals surface area contributed by atoms with E-state index in [1.165, 1.54) is 5.69 Å². The van der Waals surface area contributed by atoms with Crippen LogP contribution in [0.5, 0.6) is 0 Å². The molecular formula is C22H22ClN5O. The number of nitrogens with zero attached hydrogens (tertiary/aromatic N) is 4. The van der Waals surface area contributed by atoms with Crippen LogP contribution in [0.2, 0.25) is 5.02 Å². The van der Waals surface area contributed by atoms with Gasteiger partial charge in [0.2, 0.25) is 11.9 Å². The normalized spacial score (nSPS) is 14.0. The Kier molecular flexibility index (Phi) is 5.91. The first-order valence-corrected chi connectivity index (χ1v) is 9.97. The topological polar surface area (TPSA) is 61.4 Å². The van der Waals surface area contributed by atoms with Crippen molar-refractivity contribution in [3.8, 4) is 0 Å². The number of hydrogen-bond donors (Lipinski definition) is 1. The first kappa shape index (κ1) is 19.2. The van der Waals surface area contributed by atoms with Crippen LogP contribution in [0.1, 0.15) is 5.56 Å². The standard InChI is InChI=1S/C22H22ClN5O/c23-20-9-5-4-6-17(20)14-21(29)26-18-15-24-22(25-16-18)28-12-10-27(11-13-28)19-7-2-1-3-8-19/h1-9,15-16H,10-14H2,(H,26,29). The number of carbonyl (C=O) groups is 1. The van der Waals surface area contributed by atoms with E-state index in [-0.39, 0.29) is 12.3 Å². The maximum atomic E-state index is 12.3.